The predicted octanol–water partition coefficient (Wildman–Crippen LogP) is 5.85. The zero-order valence-corrected chi connectivity index (χ0v) is 27.5. The second kappa shape index (κ2) is 12.0. The molecule has 0 heterocycles. The van der Waals surface area contributed by atoms with E-state index in [1.807, 2.05) is 13.8 Å². The lowest BCUT2D eigenvalue weighted by Crippen LogP contribution is -2.69. The highest BCUT2D eigenvalue weighted by molar-refractivity contribution is 6.26. The third kappa shape index (κ3) is 5.03. The second-order valence-electron chi connectivity index (χ2n) is 13.9. The minimum absolute atomic E-state index is 0.0347. The fraction of sp³-hybridized carbons (Fsp3) is 0.447. The van der Waals surface area contributed by atoms with Crippen LogP contribution in [0.15, 0.2) is 84.5 Å². The predicted molar refractivity (Wildman–Crippen MR) is 174 cm³/mol. The number of rotatable bonds is 8. The smallest absolute Gasteiger partial charge is 0.339 e. The van der Waals surface area contributed by atoms with Crippen molar-refractivity contribution in [1.82, 2.24) is 0 Å². The molecule has 9 heteroatoms. The van der Waals surface area contributed by atoms with Gasteiger partial charge in [-0.15, -0.1) is 11.6 Å². The molecule has 3 saturated carbocycles. The number of halogens is 1. The molecule has 4 aliphatic rings. The van der Waals surface area contributed by atoms with Gasteiger partial charge in [0.15, 0.2) is 23.8 Å². The summed E-state index contributed by atoms with van der Waals surface area (Å²) in [6.45, 7) is 4.53. The molecule has 0 amide bonds. The van der Waals surface area contributed by atoms with Gasteiger partial charge < -0.3 is 14.6 Å². The topological polar surface area (TPSA) is 124 Å². The van der Waals surface area contributed by atoms with Gasteiger partial charge in [0, 0.05) is 16.4 Å². The van der Waals surface area contributed by atoms with Crippen molar-refractivity contribution in [1.29, 1.82) is 0 Å². The summed E-state index contributed by atoms with van der Waals surface area (Å²) < 4.78 is 11.7. The molecule has 0 aliphatic heterocycles. The van der Waals surface area contributed by atoms with E-state index in [-0.39, 0.29) is 36.0 Å². The van der Waals surface area contributed by atoms with E-state index in [0.717, 1.165) is 5.57 Å². The summed E-state index contributed by atoms with van der Waals surface area (Å²) in [6, 6.07) is 16.7. The van der Waals surface area contributed by atoms with Crippen molar-refractivity contribution in [2.24, 2.45) is 28.6 Å². The molecule has 0 spiro atoms. The molecule has 0 saturated heterocycles. The van der Waals surface area contributed by atoms with Gasteiger partial charge in [-0.05, 0) is 75.1 Å². The van der Waals surface area contributed by atoms with Crippen molar-refractivity contribution >= 4 is 40.9 Å². The average molecular weight is 659 g/mol. The molecule has 0 bridgehead atoms. The van der Waals surface area contributed by atoms with Gasteiger partial charge in [0.05, 0.1) is 16.5 Å². The summed E-state index contributed by atoms with van der Waals surface area (Å²) in [6.07, 6.45) is 5.61. The molecule has 0 radical (unpaired) electrons. The van der Waals surface area contributed by atoms with E-state index >= 15 is 0 Å². The van der Waals surface area contributed by atoms with Gasteiger partial charge in [-0.2, -0.15) is 0 Å². The zero-order chi connectivity index (χ0) is 33.8. The van der Waals surface area contributed by atoms with E-state index in [9.17, 15) is 29.1 Å². The van der Waals surface area contributed by atoms with Crippen LogP contribution in [0.5, 0.6) is 0 Å². The fourth-order valence-corrected chi connectivity index (χ4v) is 9.53. The Balaban J connectivity index is 1.32. The number of carbonyl (C=O) groups excluding carboxylic acids is 5. The Morgan fingerprint density at radius 2 is 1.60 bits per heavy atom. The lowest BCUT2D eigenvalue weighted by molar-refractivity contribution is -0.179. The number of fused-ring (bicyclic) bond motifs is 5. The molecular weight excluding hydrogens is 620 g/mol. The van der Waals surface area contributed by atoms with Crippen LogP contribution in [0.1, 0.15) is 73.6 Å². The van der Waals surface area contributed by atoms with Crippen LogP contribution in [-0.2, 0) is 23.9 Å². The molecule has 2 aromatic rings. The van der Waals surface area contributed by atoms with Gasteiger partial charge in [-0.3, -0.25) is 19.2 Å². The van der Waals surface area contributed by atoms with Crippen LogP contribution in [0.4, 0.5) is 0 Å². The number of Topliss-reactive ketones (excluding diaryl/α,β-unsaturated/α-hetero) is 2. The van der Waals surface area contributed by atoms with E-state index in [1.54, 1.807) is 72.8 Å². The van der Waals surface area contributed by atoms with Gasteiger partial charge in [0.2, 0.25) is 5.78 Å². The summed E-state index contributed by atoms with van der Waals surface area (Å²) in [5, 5.41) is 12.0. The van der Waals surface area contributed by atoms with Crippen LogP contribution >= 0.6 is 11.6 Å². The van der Waals surface area contributed by atoms with E-state index < -0.39 is 63.4 Å². The number of aliphatic hydroxyl groups excluding tert-OH is 1. The molecule has 8 nitrogen and oxygen atoms in total. The Morgan fingerprint density at radius 3 is 2.26 bits per heavy atom. The number of ketones is 3. The average Bonchev–Trinajstić information content (AvgIpc) is 3.36. The largest absolute Gasteiger partial charge is 0.457 e. The first kappa shape index (κ1) is 33.0. The fourth-order valence-electron chi connectivity index (χ4n) is 9.01. The van der Waals surface area contributed by atoms with E-state index in [4.69, 9.17) is 21.1 Å². The Bertz CT molecular complexity index is 1680. The molecule has 47 heavy (non-hydrogen) atoms. The lowest BCUT2D eigenvalue weighted by Gasteiger charge is -2.64. The maximum absolute atomic E-state index is 14.4. The molecule has 246 valence electrons. The summed E-state index contributed by atoms with van der Waals surface area (Å²) in [7, 11) is 0. The number of hydrogen-bond acceptors (Lipinski definition) is 8. The minimum atomic E-state index is -1.74. The summed E-state index contributed by atoms with van der Waals surface area (Å²) in [4.78, 5) is 65.2. The normalized spacial score (nSPS) is 34.6. The van der Waals surface area contributed by atoms with Gasteiger partial charge in [-0.25, -0.2) is 4.79 Å². The molecular formula is C38H39ClO8. The second-order valence-corrected chi connectivity index (χ2v) is 14.5. The van der Waals surface area contributed by atoms with Gasteiger partial charge in [-0.1, -0.05) is 74.0 Å². The third-order valence-electron chi connectivity index (χ3n) is 11.6. The van der Waals surface area contributed by atoms with Crippen LogP contribution in [0.3, 0.4) is 0 Å². The molecule has 2 aromatic carbocycles. The molecule has 3 fully saturated rings. The minimum Gasteiger partial charge on any atom is -0.457 e. The highest BCUT2D eigenvalue weighted by atomic mass is 35.5. The van der Waals surface area contributed by atoms with Crippen LogP contribution < -0.4 is 0 Å². The zero-order valence-electron chi connectivity index (χ0n) is 26.7. The van der Waals surface area contributed by atoms with Crippen molar-refractivity contribution in [2.75, 3.05) is 6.61 Å². The van der Waals surface area contributed by atoms with Gasteiger partial charge >= 0.3 is 11.9 Å². The van der Waals surface area contributed by atoms with Crippen molar-refractivity contribution in [3.05, 3.63) is 95.6 Å². The Labute approximate surface area is 279 Å². The van der Waals surface area contributed by atoms with Crippen molar-refractivity contribution in [3.63, 3.8) is 0 Å². The monoisotopic (exact) mass is 658 g/mol. The van der Waals surface area contributed by atoms with Crippen molar-refractivity contribution < 1.29 is 38.6 Å². The number of aliphatic hydroxyl groups is 1. The summed E-state index contributed by atoms with van der Waals surface area (Å²) in [5.41, 5.74) is -2.13. The molecule has 1 N–H and O–H groups in total. The summed E-state index contributed by atoms with van der Waals surface area (Å²) >= 11 is 7.56. The van der Waals surface area contributed by atoms with Crippen LogP contribution in [-0.4, -0.2) is 57.6 Å². The number of hydrogen-bond donors (Lipinski definition) is 1. The number of benzene rings is 2. The highest BCUT2D eigenvalue weighted by Crippen LogP contribution is 2.71. The van der Waals surface area contributed by atoms with Crippen molar-refractivity contribution in [2.45, 2.75) is 69.5 Å². The van der Waals surface area contributed by atoms with E-state index in [0.29, 0.717) is 24.8 Å². The number of carbonyl (C=O) groups is 5. The van der Waals surface area contributed by atoms with Crippen LogP contribution in [0, 0.1) is 28.6 Å². The van der Waals surface area contributed by atoms with Crippen LogP contribution in [0.2, 0.25) is 0 Å². The molecule has 1 unspecified atom stereocenters. The van der Waals surface area contributed by atoms with Gasteiger partial charge in [0.1, 0.15) is 5.92 Å². The number of allylic oxidation sites excluding steroid dienone is 4. The summed E-state index contributed by atoms with van der Waals surface area (Å²) in [5.74, 6) is -4.41. The molecule has 8 atom stereocenters. The maximum atomic E-state index is 14.4. The first-order valence-electron chi connectivity index (χ1n) is 16.2. The molecule has 4 aliphatic carbocycles. The maximum Gasteiger partial charge on any atom is 0.339 e. The number of esters is 2. The SMILES string of the molecule is CC(C(=O)OCC(=O)[C@@]1(OC(=O)c2ccccc2)CC[C@H]2[C@@H]3CCC4=CC(=O)C=C[C@]4(C)[C@@]3(Cl)[C@@H](O)C[C@@]21C)C(=O)c1ccccc1. The Hall–Kier alpha value is -3.88. The number of ether oxygens (including phenoxy) is 2. The molecule has 6 rings (SSSR count). The Morgan fingerprint density at radius 1 is 0.957 bits per heavy atom. The van der Waals surface area contributed by atoms with E-state index in [2.05, 4.69) is 0 Å². The third-order valence-corrected chi connectivity index (χ3v) is 12.6. The van der Waals surface area contributed by atoms with Crippen LogP contribution in [0.25, 0.3) is 0 Å². The first-order chi connectivity index (χ1) is 22.3. The quantitative estimate of drug-likeness (QED) is 0.162. The highest BCUT2D eigenvalue weighted by Gasteiger charge is 2.74. The molecule has 0 aromatic heterocycles. The first-order valence-corrected chi connectivity index (χ1v) is 16.5. The number of alkyl halides is 1. The Kier molecular flexibility index (Phi) is 8.42. The van der Waals surface area contributed by atoms with Crippen molar-refractivity contribution in [3.8, 4) is 0 Å². The standard InChI is InChI=1S/C38H39ClO8/c1-23(32(43)24-10-6-4-7-11-24)33(44)46-22-31(42)37(47-34(45)25-12-8-5-9-13-25)19-17-28-29-15-14-26-20-27(40)16-18-35(26,2)38(29,39)30(41)21-36(28,37)3/h4-13,16,18,20,23,28-30,41H,14-15,17,19,21-22H2,1-3H3/t23?,28-,29-,30-,35-,36-,37-,38-/m0/s1. The van der Waals surface area contributed by atoms with Gasteiger partial charge in [0.25, 0.3) is 0 Å². The lowest BCUT2D eigenvalue weighted by atomic mass is 9.45. The van der Waals surface area contributed by atoms with E-state index in [1.165, 1.54) is 13.0 Å².